The fourth-order valence-corrected chi connectivity index (χ4v) is 3.80. The van der Waals surface area contributed by atoms with Gasteiger partial charge in [-0.05, 0) is 55.4 Å². The Morgan fingerprint density at radius 2 is 2.11 bits per heavy atom. The molecule has 2 heteroatoms. The molecule has 1 heterocycles. The van der Waals surface area contributed by atoms with Crippen molar-refractivity contribution >= 4 is 16.6 Å². The summed E-state index contributed by atoms with van der Waals surface area (Å²) in [6, 6.07) is 11.4. The van der Waals surface area contributed by atoms with Crippen molar-refractivity contribution in [1.29, 1.82) is 0 Å². The summed E-state index contributed by atoms with van der Waals surface area (Å²) in [5.41, 5.74) is 2.34. The van der Waals surface area contributed by atoms with E-state index in [0.29, 0.717) is 6.04 Å². The predicted octanol–water partition coefficient (Wildman–Crippen LogP) is 3.84. The van der Waals surface area contributed by atoms with E-state index in [4.69, 9.17) is 0 Å². The second kappa shape index (κ2) is 3.98. The molecule has 3 atom stereocenters. The number of hydrogen-bond acceptors (Lipinski definition) is 2. The van der Waals surface area contributed by atoms with Crippen molar-refractivity contribution in [2.75, 3.05) is 5.32 Å². The average Bonchev–Trinajstić information content (AvgIpc) is 3.01. The Hall–Kier alpha value is -1.57. The Morgan fingerprint density at radius 1 is 1.11 bits per heavy atom. The molecule has 4 rings (SSSR count). The average molecular weight is 238 g/mol. The number of anilines is 1. The highest BCUT2D eigenvalue weighted by Gasteiger charge is 2.39. The van der Waals surface area contributed by atoms with Crippen molar-refractivity contribution in [3.63, 3.8) is 0 Å². The molecular formula is C16H18N2. The van der Waals surface area contributed by atoms with Crippen LogP contribution in [0.3, 0.4) is 0 Å². The van der Waals surface area contributed by atoms with Crippen LogP contribution in [-0.4, -0.2) is 11.0 Å². The van der Waals surface area contributed by atoms with Crippen LogP contribution in [0.4, 0.5) is 5.69 Å². The zero-order valence-corrected chi connectivity index (χ0v) is 10.5. The molecular weight excluding hydrogens is 220 g/mol. The van der Waals surface area contributed by atoms with E-state index < -0.39 is 0 Å². The molecule has 2 fully saturated rings. The highest BCUT2D eigenvalue weighted by atomic mass is 14.9. The van der Waals surface area contributed by atoms with Crippen LogP contribution in [0.5, 0.6) is 0 Å². The molecule has 2 aliphatic rings. The van der Waals surface area contributed by atoms with E-state index in [2.05, 4.69) is 34.6 Å². The monoisotopic (exact) mass is 238 g/mol. The fourth-order valence-electron chi connectivity index (χ4n) is 3.80. The molecule has 18 heavy (non-hydrogen) atoms. The van der Waals surface area contributed by atoms with E-state index in [1.165, 1.54) is 36.8 Å². The second-order valence-corrected chi connectivity index (χ2v) is 5.84. The summed E-state index contributed by atoms with van der Waals surface area (Å²) in [5.74, 6) is 1.91. The minimum absolute atomic E-state index is 0.706. The van der Waals surface area contributed by atoms with Gasteiger partial charge in [0.15, 0.2) is 0 Å². The fraction of sp³-hybridized carbons (Fsp3) is 0.438. The molecule has 2 aliphatic carbocycles. The highest BCUT2D eigenvalue weighted by molar-refractivity contribution is 5.82. The van der Waals surface area contributed by atoms with E-state index in [0.717, 1.165) is 17.4 Å². The van der Waals surface area contributed by atoms with E-state index in [-0.39, 0.29) is 0 Å². The first-order chi connectivity index (χ1) is 8.88. The summed E-state index contributed by atoms with van der Waals surface area (Å²) in [6.45, 7) is 0. The number of nitrogens with zero attached hydrogens (tertiary/aromatic N) is 1. The van der Waals surface area contributed by atoms with Gasteiger partial charge in [-0.25, -0.2) is 0 Å². The molecule has 0 amide bonds. The van der Waals surface area contributed by atoms with Crippen molar-refractivity contribution in [3.8, 4) is 0 Å². The van der Waals surface area contributed by atoms with Gasteiger partial charge < -0.3 is 5.32 Å². The van der Waals surface area contributed by atoms with Crippen LogP contribution in [0.1, 0.15) is 25.7 Å². The summed E-state index contributed by atoms with van der Waals surface area (Å²) >= 11 is 0. The molecule has 2 aromatic rings. The Kier molecular flexibility index (Phi) is 2.29. The highest BCUT2D eigenvalue weighted by Crippen LogP contribution is 2.45. The van der Waals surface area contributed by atoms with E-state index in [1.54, 1.807) is 0 Å². The van der Waals surface area contributed by atoms with Gasteiger partial charge in [0, 0.05) is 23.3 Å². The van der Waals surface area contributed by atoms with Crippen LogP contribution in [0.2, 0.25) is 0 Å². The summed E-state index contributed by atoms with van der Waals surface area (Å²) < 4.78 is 0. The van der Waals surface area contributed by atoms with Crippen molar-refractivity contribution < 1.29 is 0 Å². The lowest BCUT2D eigenvalue weighted by molar-refractivity contribution is 0.440. The molecule has 0 spiro atoms. The van der Waals surface area contributed by atoms with Crippen molar-refractivity contribution in [1.82, 2.24) is 4.98 Å². The Balaban J connectivity index is 1.59. The molecule has 2 saturated carbocycles. The standard InChI is InChI=1S/C16H18N2/c1-2-12-10-14(5-6-15(12)17-7-1)18-16-9-11-3-4-13(16)8-11/h1-2,5-7,10-11,13,16,18H,3-4,8-9H2. The molecule has 1 aromatic carbocycles. The van der Waals surface area contributed by atoms with Gasteiger partial charge in [-0.3, -0.25) is 4.98 Å². The minimum Gasteiger partial charge on any atom is -0.382 e. The lowest BCUT2D eigenvalue weighted by Gasteiger charge is -2.24. The third kappa shape index (κ3) is 1.67. The van der Waals surface area contributed by atoms with Gasteiger partial charge in [-0.1, -0.05) is 12.5 Å². The molecule has 92 valence electrons. The first-order valence-corrected chi connectivity index (χ1v) is 7.00. The van der Waals surface area contributed by atoms with Crippen molar-refractivity contribution in [2.24, 2.45) is 11.8 Å². The Labute approximate surface area is 107 Å². The second-order valence-electron chi connectivity index (χ2n) is 5.84. The number of rotatable bonds is 2. The number of pyridine rings is 1. The zero-order chi connectivity index (χ0) is 11.9. The SMILES string of the molecule is c1cnc2ccc(NC3CC4CCC3C4)cc2c1. The molecule has 3 unspecified atom stereocenters. The number of hydrogen-bond donors (Lipinski definition) is 1. The van der Waals surface area contributed by atoms with Crippen molar-refractivity contribution in [3.05, 3.63) is 36.5 Å². The van der Waals surface area contributed by atoms with Crippen LogP contribution < -0.4 is 5.32 Å². The molecule has 0 radical (unpaired) electrons. The summed E-state index contributed by atoms with van der Waals surface area (Å²) in [6.07, 6.45) is 7.57. The lowest BCUT2D eigenvalue weighted by Crippen LogP contribution is -2.25. The topological polar surface area (TPSA) is 24.9 Å². The van der Waals surface area contributed by atoms with Gasteiger partial charge in [-0.2, -0.15) is 0 Å². The van der Waals surface area contributed by atoms with E-state index >= 15 is 0 Å². The van der Waals surface area contributed by atoms with Crippen LogP contribution in [-0.2, 0) is 0 Å². The van der Waals surface area contributed by atoms with Gasteiger partial charge >= 0.3 is 0 Å². The van der Waals surface area contributed by atoms with Gasteiger partial charge in [0.05, 0.1) is 5.52 Å². The third-order valence-corrected chi connectivity index (χ3v) is 4.69. The maximum absolute atomic E-state index is 4.36. The van der Waals surface area contributed by atoms with Gasteiger partial charge in [-0.15, -0.1) is 0 Å². The number of aromatic nitrogens is 1. The molecule has 0 aliphatic heterocycles. The summed E-state index contributed by atoms with van der Waals surface area (Å²) in [7, 11) is 0. The Morgan fingerprint density at radius 3 is 2.94 bits per heavy atom. The van der Waals surface area contributed by atoms with Gasteiger partial charge in [0.1, 0.15) is 0 Å². The number of fused-ring (bicyclic) bond motifs is 3. The quantitative estimate of drug-likeness (QED) is 0.860. The lowest BCUT2D eigenvalue weighted by atomic mass is 9.95. The van der Waals surface area contributed by atoms with Crippen LogP contribution in [0.15, 0.2) is 36.5 Å². The molecule has 2 nitrogen and oxygen atoms in total. The summed E-state index contributed by atoms with van der Waals surface area (Å²) in [5, 5.41) is 4.96. The van der Waals surface area contributed by atoms with E-state index in [1.807, 2.05) is 12.3 Å². The smallest absolute Gasteiger partial charge is 0.0703 e. The largest absolute Gasteiger partial charge is 0.382 e. The Bertz CT molecular complexity index is 578. The normalized spacial score (nSPS) is 29.9. The molecule has 2 bridgehead atoms. The van der Waals surface area contributed by atoms with Crippen molar-refractivity contribution in [2.45, 2.75) is 31.7 Å². The predicted molar refractivity (Wildman–Crippen MR) is 74.6 cm³/mol. The van der Waals surface area contributed by atoms with Crippen LogP contribution in [0.25, 0.3) is 10.9 Å². The van der Waals surface area contributed by atoms with Gasteiger partial charge in [0.2, 0.25) is 0 Å². The van der Waals surface area contributed by atoms with Gasteiger partial charge in [0.25, 0.3) is 0 Å². The maximum atomic E-state index is 4.36. The zero-order valence-electron chi connectivity index (χ0n) is 10.5. The number of benzene rings is 1. The van der Waals surface area contributed by atoms with E-state index in [9.17, 15) is 0 Å². The molecule has 0 saturated heterocycles. The first-order valence-electron chi connectivity index (χ1n) is 7.00. The van der Waals surface area contributed by atoms with Crippen LogP contribution >= 0.6 is 0 Å². The first kappa shape index (κ1) is 10.4. The molecule has 1 aromatic heterocycles. The minimum atomic E-state index is 0.706. The number of nitrogens with one attached hydrogen (secondary N) is 1. The summed E-state index contributed by atoms with van der Waals surface area (Å²) in [4.78, 5) is 4.36. The molecule has 1 N–H and O–H groups in total. The maximum Gasteiger partial charge on any atom is 0.0703 e. The van der Waals surface area contributed by atoms with Crippen LogP contribution in [0, 0.1) is 11.8 Å². The third-order valence-electron chi connectivity index (χ3n) is 4.69.